The first-order chi connectivity index (χ1) is 12.6. The first-order valence-electron chi connectivity index (χ1n) is 8.24. The van der Waals surface area contributed by atoms with Crippen LogP contribution in [0.15, 0.2) is 77.4 Å². The van der Waals surface area contributed by atoms with Crippen LogP contribution in [0.25, 0.3) is 0 Å². The number of hydrogen-bond acceptors (Lipinski definition) is 4. The average molecular weight is 371 g/mol. The van der Waals surface area contributed by atoms with Gasteiger partial charge in [-0.25, -0.2) is 8.42 Å². The van der Waals surface area contributed by atoms with Gasteiger partial charge < -0.3 is 9.15 Å². The molecule has 0 aliphatic rings. The van der Waals surface area contributed by atoms with Crippen LogP contribution >= 0.6 is 0 Å². The third-order valence-electron chi connectivity index (χ3n) is 4.02. The summed E-state index contributed by atoms with van der Waals surface area (Å²) in [4.78, 5) is 0. The SMILES string of the molecule is COc1ccc(CN(Cc2ccco2)S(=O)(=O)Cc2ccccc2)cc1. The number of hydrogen-bond donors (Lipinski definition) is 0. The third-order valence-corrected chi connectivity index (χ3v) is 5.76. The van der Waals surface area contributed by atoms with Gasteiger partial charge in [-0.15, -0.1) is 0 Å². The van der Waals surface area contributed by atoms with E-state index in [0.717, 1.165) is 16.9 Å². The molecule has 6 heteroatoms. The lowest BCUT2D eigenvalue weighted by Gasteiger charge is -2.21. The summed E-state index contributed by atoms with van der Waals surface area (Å²) in [5, 5.41) is 0. The molecule has 1 heterocycles. The second-order valence-corrected chi connectivity index (χ2v) is 7.91. The number of benzene rings is 2. The summed E-state index contributed by atoms with van der Waals surface area (Å²) in [6.07, 6.45) is 1.55. The van der Waals surface area contributed by atoms with Crippen LogP contribution in [0.5, 0.6) is 5.75 Å². The summed E-state index contributed by atoms with van der Waals surface area (Å²) < 4.78 is 38.0. The van der Waals surface area contributed by atoms with E-state index in [2.05, 4.69) is 0 Å². The summed E-state index contributed by atoms with van der Waals surface area (Å²) >= 11 is 0. The van der Waals surface area contributed by atoms with Crippen molar-refractivity contribution in [3.8, 4) is 5.75 Å². The Bertz CT molecular complexity index is 904. The molecule has 136 valence electrons. The highest BCUT2D eigenvalue weighted by molar-refractivity contribution is 7.88. The molecular formula is C20H21NO4S. The van der Waals surface area contributed by atoms with Crippen LogP contribution in [0.4, 0.5) is 0 Å². The maximum Gasteiger partial charge on any atom is 0.219 e. The Morgan fingerprint density at radius 3 is 2.23 bits per heavy atom. The highest BCUT2D eigenvalue weighted by Crippen LogP contribution is 2.20. The highest BCUT2D eigenvalue weighted by Gasteiger charge is 2.24. The van der Waals surface area contributed by atoms with Crippen LogP contribution in [0.3, 0.4) is 0 Å². The normalized spacial score (nSPS) is 11.6. The van der Waals surface area contributed by atoms with Crippen molar-refractivity contribution < 1.29 is 17.6 Å². The highest BCUT2D eigenvalue weighted by atomic mass is 32.2. The minimum Gasteiger partial charge on any atom is -0.497 e. The van der Waals surface area contributed by atoms with E-state index < -0.39 is 10.0 Å². The van der Waals surface area contributed by atoms with Crippen LogP contribution in [0.2, 0.25) is 0 Å². The van der Waals surface area contributed by atoms with E-state index in [0.29, 0.717) is 5.76 Å². The number of ether oxygens (including phenoxy) is 1. The Morgan fingerprint density at radius 2 is 1.62 bits per heavy atom. The van der Waals surface area contributed by atoms with E-state index in [1.54, 1.807) is 25.5 Å². The molecule has 0 atom stereocenters. The van der Waals surface area contributed by atoms with Crippen molar-refractivity contribution >= 4 is 10.0 Å². The number of nitrogens with zero attached hydrogens (tertiary/aromatic N) is 1. The summed E-state index contributed by atoms with van der Waals surface area (Å²) in [6, 6.07) is 20.1. The molecular weight excluding hydrogens is 350 g/mol. The van der Waals surface area contributed by atoms with Gasteiger partial charge in [0.2, 0.25) is 10.0 Å². The summed E-state index contributed by atoms with van der Waals surface area (Å²) in [5.41, 5.74) is 1.64. The first kappa shape index (κ1) is 18.2. The summed E-state index contributed by atoms with van der Waals surface area (Å²) in [6.45, 7) is 0.452. The predicted octanol–water partition coefficient (Wildman–Crippen LogP) is 3.82. The molecule has 0 unspecified atom stereocenters. The Morgan fingerprint density at radius 1 is 0.885 bits per heavy atom. The second-order valence-electron chi connectivity index (χ2n) is 5.94. The molecule has 3 rings (SSSR count). The molecule has 1 aromatic heterocycles. The van der Waals surface area contributed by atoms with Gasteiger partial charge in [0, 0.05) is 6.54 Å². The molecule has 0 radical (unpaired) electrons. The van der Waals surface area contributed by atoms with Crippen LogP contribution in [-0.4, -0.2) is 19.8 Å². The number of furan rings is 1. The fourth-order valence-electron chi connectivity index (χ4n) is 2.64. The third kappa shape index (κ3) is 4.74. The molecule has 0 bridgehead atoms. The molecule has 0 amide bonds. The van der Waals surface area contributed by atoms with Crippen molar-refractivity contribution in [3.63, 3.8) is 0 Å². The second kappa shape index (κ2) is 8.21. The van der Waals surface area contributed by atoms with Crippen LogP contribution < -0.4 is 4.74 Å². The van der Waals surface area contributed by atoms with Crippen molar-refractivity contribution in [1.29, 1.82) is 0 Å². The molecule has 26 heavy (non-hydrogen) atoms. The molecule has 0 saturated heterocycles. The van der Waals surface area contributed by atoms with Gasteiger partial charge in [0.1, 0.15) is 11.5 Å². The number of methoxy groups -OCH3 is 1. The Kier molecular flexibility index (Phi) is 5.75. The van der Waals surface area contributed by atoms with Crippen molar-refractivity contribution in [2.75, 3.05) is 7.11 Å². The van der Waals surface area contributed by atoms with Gasteiger partial charge in [-0.1, -0.05) is 42.5 Å². The lowest BCUT2D eigenvalue weighted by molar-refractivity contribution is 0.357. The topological polar surface area (TPSA) is 59.8 Å². The summed E-state index contributed by atoms with van der Waals surface area (Å²) in [7, 11) is -1.92. The molecule has 0 aliphatic heterocycles. The van der Waals surface area contributed by atoms with Gasteiger partial charge in [0.15, 0.2) is 0 Å². The Balaban J connectivity index is 1.84. The lowest BCUT2D eigenvalue weighted by Crippen LogP contribution is -2.31. The smallest absolute Gasteiger partial charge is 0.219 e. The van der Waals surface area contributed by atoms with Gasteiger partial charge in [-0.05, 0) is 35.4 Å². The predicted molar refractivity (Wildman–Crippen MR) is 100 cm³/mol. The Hall–Kier alpha value is -2.57. The number of sulfonamides is 1. The summed E-state index contributed by atoms with van der Waals surface area (Å²) in [5.74, 6) is 1.29. The van der Waals surface area contributed by atoms with Crippen molar-refractivity contribution in [2.45, 2.75) is 18.8 Å². The van der Waals surface area contributed by atoms with Crippen LogP contribution in [-0.2, 0) is 28.9 Å². The minimum atomic E-state index is -3.52. The zero-order valence-corrected chi connectivity index (χ0v) is 15.4. The van der Waals surface area contributed by atoms with E-state index in [1.807, 2.05) is 54.6 Å². The monoisotopic (exact) mass is 371 g/mol. The van der Waals surface area contributed by atoms with Crippen molar-refractivity contribution in [1.82, 2.24) is 4.31 Å². The molecule has 5 nitrogen and oxygen atoms in total. The fourth-order valence-corrected chi connectivity index (χ4v) is 4.11. The van der Waals surface area contributed by atoms with Crippen molar-refractivity contribution in [3.05, 3.63) is 89.9 Å². The van der Waals surface area contributed by atoms with Gasteiger partial charge in [-0.2, -0.15) is 4.31 Å². The van der Waals surface area contributed by atoms with E-state index in [9.17, 15) is 8.42 Å². The van der Waals surface area contributed by atoms with Gasteiger partial charge in [0.05, 0.1) is 25.7 Å². The largest absolute Gasteiger partial charge is 0.497 e. The Labute approximate surface area is 153 Å². The van der Waals surface area contributed by atoms with Crippen LogP contribution in [0, 0.1) is 0 Å². The zero-order valence-electron chi connectivity index (χ0n) is 14.5. The van der Waals surface area contributed by atoms with E-state index in [-0.39, 0.29) is 18.8 Å². The first-order valence-corrected chi connectivity index (χ1v) is 9.85. The van der Waals surface area contributed by atoms with Gasteiger partial charge >= 0.3 is 0 Å². The van der Waals surface area contributed by atoms with Crippen LogP contribution in [0.1, 0.15) is 16.9 Å². The van der Waals surface area contributed by atoms with E-state index in [4.69, 9.17) is 9.15 Å². The lowest BCUT2D eigenvalue weighted by atomic mass is 10.2. The van der Waals surface area contributed by atoms with Gasteiger partial charge in [-0.3, -0.25) is 0 Å². The zero-order chi connectivity index (χ0) is 18.4. The molecule has 0 saturated carbocycles. The molecule has 0 aliphatic carbocycles. The standard InChI is InChI=1S/C20H21NO4S/c1-24-19-11-9-17(10-12-19)14-21(15-20-8-5-13-25-20)26(22,23)16-18-6-3-2-4-7-18/h2-13H,14-16H2,1H3. The van der Waals surface area contributed by atoms with E-state index in [1.165, 1.54) is 4.31 Å². The quantitative estimate of drug-likeness (QED) is 0.604. The molecule has 0 fully saturated rings. The van der Waals surface area contributed by atoms with Gasteiger partial charge in [0.25, 0.3) is 0 Å². The average Bonchev–Trinajstić information content (AvgIpc) is 3.15. The minimum absolute atomic E-state index is 0.0509. The molecule has 0 spiro atoms. The molecule has 3 aromatic rings. The number of rotatable bonds is 8. The molecule has 2 aromatic carbocycles. The maximum absolute atomic E-state index is 13.0. The maximum atomic E-state index is 13.0. The molecule has 0 N–H and O–H groups in total. The van der Waals surface area contributed by atoms with E-state index >= 15 is 0 Å². The fraction of sp³-hybridized carbons (Fsp3) is 0.200. The van der Waals surface area contributed by atoms with Crippen molar-refractivity contribution in [2.24, 2.45) is 0 Å².